The van der Waals surface area contributed by atoms with Gasteiger partial charge in [-0.1, -0.05) is 25.0 Å². The third kappa shape index (κ3) is 6.19. The summed E-state index contributed by atoms with van der Waals surface area (Å²) in [4.78, 5) is 4.69. The molecular weight excluding hydrogens is 380 g/mol. The first-order chi connectivity index (χ1) is 14.4. The van der Waals surface area contributed by atoms with E-state index >= 15 is 0 Å². The quantitative estimate of drug-likeness (QED) is 0.454. The summed E-state index contributed by atoms with van der Waals surface area (Å²) in [6.45, 7) is 6.67. The van der Waals surface area contributed by atoms with Gasteiger partial charge in [-0.05, 0) is 51.3 Å². The van der Waals surface area contributed by atoms with Crippen molar-refractivity contribution in [3.8, 4) is 5.75 Å². The summed E-state index contributed by atoms with van der Waals surface area (Å²) < 4.78 is 7.67. The van der Waals surface area contributed by atoms with Gasteiger partial charge in [0.15, 0.2) is 11.8 Å². The molecule has 0 aliphatic heterocycles. The Labute approximate surface area is 178 Å². The van der Waals surface area contributed by atoms with Crippen LogP contribution in [0.25, 0.3) is 0 Å². The number of aliphatic imine (C=N–C) groups is 1. The van der Waals surface area contributed by atoms with Gasteiger partial charge in [0, 0.05) is 19.6 Å². The highest BCUT2D eigenvalue weighted by atomic mass is 16.5. The van der Waals surface area contributed by atoms with E-state index in [0.717, 1.165) is 35.8 Å². The molecule has 0 spiro atoms. The van der Waals surface area contributed by atoms with Gasteiger partial charge in [-0.25, -0.2) is 4.99 Å². The average Bonchev–Trinajstić information content (AvgIpc) is 3.34. The van der Waals surface area contributed by atoms with E-state index in [1.165, 1.54) is 12.8 Å². The van der Waals surface area contributed by atoms with Crippen molar-refractivity contribution in [2.24, 2.45) is 12.0 Å². The van der Waals surface area contributed by atoms with Gasteiger partial charge in [0.1, 0.15) is 18.1 Å². The van der Waals surface area contributed by atoms with E-state index in [4.69, 9.17) is 4.74 Å². The number of rotatable bonds is 8. The minimum atomic E-state index is -0.673. The van der Waals surface area contributed by atoms with Gasteiger partial charge in [0.25, 0.3) is 0 Å². The summed E-state index contributed by atoms with van der Waals surface area (Å²) in [5, 5.41) is 25.8. The fourth-order valence-electron chi connectivity index (χ4n) is 3.53. The highest BCUT2D eigenvalue weighted by Crippen LogP contribution is 2.20. The number of guanidine groups is 1. The molecule has 1 aliphatic carbocycles. The molecule has 8 nitrogen and oxygen atoms in total. The number of ether oxygens (including phenoxy) is 1. The summed E-state index contributed by atoms with van der Waals surface area (Å²) in [5.41, 5.74) is 0.810. The summed E-state index contributed by atoms with van der Waals surface area (Å²) in [5.74, 6) is 3.12. The van der Waals surface area contributed by atoms with Crippen LogP contribution >= 0.6 is 0 Å². The number of aryl methyl sites for hydroxylation is 1. The van der Waals surface area contributed by atoms with Crippen LogP contribution in [0, 0.1) is 6.92 Å². The number of hydrogen-bond acceptors (Lipinski definition) is 5. The summed E-state index contributed by atoms with van der Waals surface area (Å²) in [7, 11) is 1.94. The largest absolute Gasteiger partial charge is 0.491 e. The molecule has 8 heteroatoms. The summed E-state index contributed by atoms with van der Waals surface area (Å²) >= 11 is 0. The van der Waals surface area contributed by atoms with Gasteiger partial charge in [-0.2, -0.15) is 0 Å². The number of nitrogens with one attached hydrogen (secondary N) is 2. The van der Waals surface area contributed by atoms with Crippen LogP contribution in [0.4, 0.5) is 0 Å². The van der Waals surface area contributed by atoms with Gasteiger partial charge < -0.3 is 25.0 Å². The second-order valence-corrected chi connectivity index (χ2v) is 8.15. The van der Waals surface area contributed by atoms with Crippen LogP contribution in [0.5, 0.6) is 5.75 Å². The third-order valence-electron chi connectivity index (χ3n) is 5.33. The fraction of sp³-hybridized carbons (Fsp3) is 0.591. The Hall–Kier alpha value is -2.61. The zero-order valence-electron chi connectivity index (χ0n) is 18.4. The smallest absolute Gasteiger partial charge is 0.192 e. The van der Waals surface area contributed by atoms with Crippen molar-refractivity contribution in [1.82, 2.24) is 25.4 Å². The monoisotopic (exact) mass is 414 g/mol. The van der Waals surface area contributed by atoms with Gasteiger partial charge in [-0.15, -0.1) is 10.2 Å². The molecule has 164 valence electrons. The molecule has 3 N–H and O–H groups in total. The lowest BCUT2D eigenvalue weighted by Crippen LogP contribution is -2.43. The zero-order valence-corrected chi connectivity index (χ0v) is 18.4. The maximum absolute atomic E-state index is 10.7. The molecule has 1 aromatic heterocycles. The lowest BCUT2D eigenvalue weighted by atomic mass is 10.1. The molecule has 0 saturated heterocycles. The standard InChI is InChI=1S/C22H34N6O2/c1-15(2)30-19-11-7-8-17(12-19)20(29)13-23-22(25-18-9-5-6-10-18)24-14-21-27-26-16(3)28(21)4/h7-8,11-12,15,18,20,29H,5-6,9-10,13-14H2,1-4H3,(H2,23,24,25). The van der Waals surface area contributed by atoms with Crippen molar-refractivity contribution >= 4 is 5.96 Å². The van der Waals surface area contributed by atoms with Crippen molar-refractivity contribution in [3.05, 3.63) is 41.5 Å². The van der Waals surface area contributed by atoms with E-state index in [0.29, 0.717) is 25.1 Å². The van der Waals surface area contributed by atoms with Gasteiger partial charge >= 0.3 is 0 Å². The normalized spacial score (nSPS) is 16.1. The molecule has 1 saturated carbocycles. The number of aliphatic hydroxyl groups excluding tert-OH is 1. The average molecular weight is 415 g/mol. The first kappa shape index (κ1) is 22.1. The molecular formula is C22H34N6O2. The van der Waals surface area contributed by atoms with Crippen LogP contribution in [-0.4, -0.2) is 44.5 Å². The molecule has 1 atom stereocenters. The van der Waals surface area contributed by atoms with Crippen molar-refractivity contribution in [2.75, 3.05) is 6.54 Å². The summed E-state index contributed by atoms with van der Waals surface area (Å²) in [6.07, 6.45) is 4.17. The molecule has 1 fully saturated rings. The first-order valence-corrected chi connectivity index (χ1v) is 10.8. The van der Waals surface area contributed by atoms with E-state index in [1.54, 1.807) is 0 Å². The Kier molecular flexibility index (Phi) is 7.68. The number of nitrogens with zero attached hydrogens (tertiary/aromatic N) is 4. The van der Waals surface area contributed by atoms with Crippen LogP contribution in [0.2, 0.25) is 0 Å². The Balaban J connectivity index is 1.64. The van der Waals surface area contributed by atoms with Crippen LogP contribution < -0.4 is 15.4 Å². The van der Waals surface area contributed by atoms with Gasteiger partial charge in [0.05, 0.1) is 12.2 Å². The minimum Gasteiger partial charge on any atom is -0.491 e. The number of hydrogen-bond donors (Lipinski definition) is 3. The molecule has 3 rings (SSSR count). The lowest BCUT2D eigenvalue weighted by Gasteiger charge is -2.20. The van der Waals surface area contributed by atoms with Crippen LogP contribution in [-0.2, 0) is 13.6 Å². The molecule has 1 heterocycles. The molecule has 0 amide bonds. The van der Waals surface area contributed by atoms with Crippen molar-refractivity contribution in [2.45, 2.75) is 71.2 Å². The summed E-state index contributed by atoms with van der Waals surface area (Å²) in [6, 6.07) is 8.01. The van der Waals surface area contributed by atoms with Crippen LogP contribution in [0.15, 0.2) is 29.3 Å². The lowest BCUT2D eigenvalue weighted by molar-refractivity contribution is 0.179. The molecule has 0 radical (unpaired) electrons. The Morgan fingerprint density at radius 1 is 1.30 bits per heavy atom. The maximum atomic E-state index is 10.7. The number of aliphatic hydroxyl groups is 1. The van der Waals surface area contributed by atoms with E-state index in [9.17, 15) is 5.11 Å². The fourth-order valence-corrected chi connectivity index (χ4v) is 3.53. The zero-order chi connectivity index (χ0) is 21.5. The highest BCUT2D eigenvalue weighted by Gasteiger charge is 2.17. The molecule has 0 bridgehead atoms. The van der Waals surface area contributed by atoms with Crippen LogP contribution in [0.1, 0.15) is 62.8 Å². The van der Waals surface area contributed by atoms with Crippen molar-refractivity contribution in [1.29, 1.82) is 0 Å². The van der Waals surface area contributed by atoms with Crippen LogP contribution in [0.3, 0.4) is 0 Å². The molecule has 1 unspecified atom stereocenters. The predicted octanol–water partition coefficient (Wildman–Crippen LogP) is 2.62. The molecule has 1 aromatic carbocycles. The second kappa shape index (κ2) is 10.4. The SMILES string of the molecule is Cc1nnc(CN=C(NCC(O)c2cccc(OC(C)C)c2)NC2CCCC2)n1C. The van der Waals surface area contributed by atoms with E-state index < -0.39 is 6.10 Å². The Bertz CT molecular complexity index is 842. The molecule has 2 aromatic rings. The maximum Gasteiger partial charge on any atom is 0.192 e. The Morgan fingerprint density at radius 3 is 2.73 bits per heavy atom. The van der Waals surface area contributed by atoms with Gasteiger partial charge in [-0.3, -0.25) is 0 Å². The van der Waals surface area contributed by atoms with Gasteiger partial charge in [0.2, 0.25) is 0 Å². The highest BCUT2D eigenvalue weighted by molar-refractivity contribution is 5.80. The third-order valence-corrected chi connectivity index (χ3v) is 5.33. The van der Waals surface area contributed by atoms with E-state index in [1.807, 2.05) is 56.7 Å². The molecule has 30 heavy (non-hydrogen) atoms. The topological polar surface area (TPSA) is 96.6 Å². The minimum absolute atomic E-state index is 0.0918. The van der Waals surface area contributed by atoms with Crippen molar-refractivity contribution < 1.29 is 9.84 Å². The number of benzene rings is 1. The van der Waals surface area contributed by atoms with E-state index in [-0.39, 0.29) is 6.10 Å². The van der Waals surface area contributed by atoms with Crippen molar-refractivity contribution in [3.63, 3.8) is 0 Å². The first-order valence-electron chi connectivity index (χ1n) is 10.8. The predicted molar refractivity (Wildman–Crippen MR) is 117 cm³/mol. The van der Waals surface area contributed by atoms with E-state index in [2.05, 4.69) is 25.8 Å². The Morgan fingerprint density at radius 2 is 2.07 bits per heavy atom. The second-order valence-electron chi connectivity index (χ2n) is 8.15. The molecule has 1 aliphatic rings. The number of aromatic nitrogens is 3.